The molecule has 0 saturated carbocycles. The summed E-state index contributed by atoms with van der Waals surface area (Å²) in [7, 11) is -1.95. The largest absolute Gasteiger partial charge is 0.462 e. The lowest BCUT2D eigenvalue weighted by molar-refractivity contribution is -0.143. The van der Waals surface area contributed by atoms with Gasteiger partial charge in [-0.15, -0.1) is 11.8 Å². The van der Waals surface area contributed by atoms with E-state index in [2.05, 4.69) is 74.7 Å². The second-order valence-electron chi connectivity index (χ2n) is 9.13. The molecule has 0 bridgehead atoms. The van der Waals surface area contributed by atoms with Crippen LogP contribution in [0.1, 0.15) is 47.0 Å². The molecule has 1 aliphatic heterocycles. The molecule has 0 radical (unpaired) electrons. The quantitative estimate of drug-likeness (QED) is 0.206. The van der Waals surface area contributed by atoms with Crippen LogP contribution in [0.25, 0.3) is 0 Å². The fraction of sp³-hybridized carbons (Fsp3) is 0.591. The zero-order valence-electron chi connectivity index (χ0n) is 17.8. The molecule has 28 heavy (non-hydrogen) atoms. The summed E-state index contributed by atoms with van der Waals surface area (Å²) < 4.78 is 13.8. The lowest BCUT2D eigenvalue weighted by Gasteiger charge is -2.40. The van der Waals surface area contributed by atoms with Gasteiger partial charge in [-0.1, -0.05) is 67.6 Å². The third-order valence-electron chi connectivity index (χ3n) is 5.67. The number of benzene rings is 1. The van der Waals surface area contributed by atoms with E-state index in [0.717, 1.165) is 17.7 Å². The van der Waals surface area contributed by atoms with Gasteiger partial charge in [0.15, 0.2) is 8.32 Å². The zero-order chi connectivity index (χ0) is 21.0. The molecule has 3 atom stereocenters. The van der Waals surface area contributed by atoms with Crippen molar-refractivity contribution >= 4 is 48.6 Å². The number of hydrogen-bond acceptors (Lipinski definition) is 4. The Hall–Kier alpha value is -0.313. The first-order valence-electron chi connectivity index (χ1n) is 9.87. The van der Waals surface area contributed by atoms with Crippen LogP contribution in [0, 0.1) is 0 Å². The first-order chi connectivity index (χ1) is 13.0. The molecule has 1 heterocycles. The summed E-state index contributed by atoms with van der Waals surface area (Å²) in [5, 5.41) is 0.127. The first kappa shape index (κ1) is 24.0. The van der Waals surface area contributed by atoms with E-state index in [0.29, 0.717) is 6.42 Å². The Morgan fingerprint density at radius 3 is 2.50 bits per heavy atom. The van der Waals surface area contributed by atoms with Crippen molar-refractivity contribution in [2.24, 2.45) is 0 Å². The normalized spacial score (nSPS) is 24.5. The minimum absolute atomic E-state index is 0.000898. The van der Waals surface area contributed by atoms with Gasteiger partial charge in [-0.25, -0.2) is 0 Å². The summed E-state index contributed by atoms with van der Waals surface area (Å²) in [5.74, 6) is -0.101. The molecule has 0 aromatic heterocycles. The van der Waals surface area contributed by atoms with E-state index in [1.807, 2.05) is 29.2 Å². The van der Waals surface area contributed by atoms with Crippen LogP contribution in [-0.2, 0) is 14.0 Å². The molecule has 156 valence electrons. The minimum atomic E-state index is -1.95. The molecule has 1 aromatic carbocycles. The third-order valence-corrected chi connectivity index (χ3v) is 12.1. The van der Waals surface area contributed by atoms with Gasteiger partial charge in [-0.2, -0.15) is 0 Å². The maximum atomic E-state index is 13.0. The van der Waals surface area contributed by atoms with Gasteiger partial charge >= 0.3 is 5.97 Å². The molecule has 1 aromatic rings. The molecule has 3 nitrogen and oxygen atoms in total. The fourth-order valence-electron chi connectivity index (χ4n) is 3.22. The highest BCUT2D eigenvalue weighted by molar-refractivity contribution is 14.1. The van der Waals surface area contributed by atoms with E-state index in [4.69, 9.17) is 9.16 Å². The van der Waals surface area contributed by atoms with Crippen molar-refractivity contribution in [1.82, 2.24) is 0 Å². The number of ether oxygens (including phenoxy) is 1. The predicted molar refractivity (Wildman–Crippen MR) is 130 cm³/mol. The van der Waals surface area contributed by atoms with Crippen molar-refractivity contribution in [2.45, 2.75) is 86.9 Å². The Bertz CT molecular complexity index is 687. The van der Waals surface area contributed by atoms with Crippen LogP contribution in [-0.4, -0.2) is 31.2 Å². The molecule has 6 heteroatoms. The van der Waals surface area contributed by atoms with Crippen molar-refractivity contribution in [1.29, 1.82) is 0 Å². The molecule has 1 aliphatic rings. The van der Waals surface area contributed by atoms with Gasteiger partial charge in [0.1, 0.15) is 10.9 Å². The van der Waals surface area contributed by atoms with Gasteiger partial charge in [-0.05, 0) is 54.1 Å². The average molecular weight is 533 g/mol. The predicted octanol–water partition coefficient (Wildman–Crippen LogP) is 6.97. The highest BCUT2D eigenvalue weighted by Crippen LogP contribution is 2.47. The second-order valence-corrected chi connectivity index (χ2v) is 16.1. The fourth-order valence-corrected chi connectivity index (χ4v) is 6.35. The van der Waals surface area contributed by atoms with Gasteiger partial charge < -0.3 is 9.16 Å². The Labute approximate surface area is 189 Å². The van der Waals surface area contributed by atoms with Crippen molar-refractivity contribution < 1.29 is 14.0 Å². The van der Waals surface area contributed by atoms with E-state index >= 15 is 0 Å². The number of carbonyl (C=O) groups excluding carboxylic acids is 1. The lowest BCUT2D eigenvalue weighted by atomic mass is 9.95. The molecule has 1 saturated heterocycles. The summed E-state index contributed by atoms with van der Waals surface area (Å²) in [5.41, 5.74) is 0. The van der Waals surface area contributed by atoms with Crippen molar-refractivity contribution in [3.05, 3.63) is 40.5 Å². The maximum absolute atomic E-state index is 13.0. The number of rotatable bonds is 8. The summed E-state index contributed by atoms with van der Waals surface area (Å²) in [6.45, 7) is 13.3. The van der Waals surface area contributed by atoms with E-state index in [9.17, 15) is 4.79 Å². The SMILES string of the molecule is C[C@H]1CC(C[C@@H](C/C=C/I)O[Si](C)(C)C(C)(C)C)(Sc2ccccc2)C(=O)O1. The van der Waals surface area contributed by atoms with E-state index < -0.39 is 13.1 Å². The molecule has 2 rings (SSSR count). The number of esters is 1. The van der Waals surface area contributed by atoms with E-state index in [1.165, 1.54) is 0 Å². The topological polar surface area (TPSA) is 35.5 Å². The monoisotopic (exact) mass is 532 g/mol. The van der Waals surface area contributed by atoms with Gasteiger partial charge in [-0.3, -0.25) is 4.79 Å². The van der Waals surface area contributed by atoms with Crippen LogP contribution in [0.5, 0.6) is 0 Å². The Kier molecular flexibility index (Phi) is 8.27. The van der Waals surface area contributed by atoms with Gasteiger partial charge in [0.2, 0.25) is 0 Å². The van der Waals surface area contributed by atoms with Crippen molar-refractivity contribution in [3.63, 3.8) is 0 Å². The summed E-state index contributed by atoms with van der Waals surface area (Å²) in [4.78, 5) is 14.1. The maximum Gasteiger partial charge on any atom is 0.323 e. The van der Waals surface area contributed by atoms with Crippen molar-refractivity contribution in [3.8, 4) is 0 Å². The number of cyclic esters (lactones) is 1. The van der Waals surface area contributed by atoms with Crippen LogP contribution in [0.3, 0.4) is 0 Å². The van der Waals surface area contributed by atoms with Gasteiger partial charge in [0.05, 0.1) is 6.10 Å². The van der Waals surface area contributed by atoms with Gasteiger partial charge in [0.25, 0.3) is 0 Å². The second kappa shape index (κ2) is 9.66. The molecule has 0 aliphatic carbocycles. The van der Waals surface area contributed by atoms with E-state index in [1.54, 1.807) is 11.8 Å². The standard InChI is InChI=1S/C22H33IO3SSi/c1-17-15-22(20(24)25-17,27-19-12-8-7-9-13-19)16-18(11-10-14-23)26-28(5,6)21(2,3)4/h7-10,12-14,17-18H,11,15-16H2,1-6H3/b14-10+/t17-,18+,22?/m0/s1. The summed E-state index contributed by atoms with van der Waals surface area (Å²) in [6, 6.07) is 10.2. The average Bonchev–Trinajstić information content (AvgIpc) is 2.85. The highest BCUT2D eigenvalue weighted by atomic mass is 127. The highest BCUT2D eigenvalue weighted by Gasteiger charge is 2.51. The van der Waals surface area contributed by atoms with Crippen LogP contribution in [0.15, 0.2) is 45.4 Å². The number of carbonyl (C=O) groups is 1. The van der Waals surface area contributed by atoms with Crippen LogP contribution in [0.4, 0.5) is 0 Å². The first-order valence-corrected chi connectivity index (χ1v) is 14.8. The minimum Gasteiger partial charge on any atom is -0.462 e. The van der Waals surface area contributed by atoms with E-state index in [-0.39, 0.29) is 23.2 Å². The van der Waals surface area contributed by atoms with Crippen LogP contribution >= 0.6 is 34.4 Å². The number of halogens is 1. The smallest absolute Gasteiger partial charge is 0.323 e. The summed E-state index contributed by atoms with van der Waals surface area (Å²) in [6.07, 6.45) is 4.29. The molecular formula is C22H33IO3SSi. The lowest BCUT2D eigenvalue weighted by Crippen LogP contribution is -2.46. The zero-order valence-corrected chi connectivity index (χ0v) is 21.8. The molecule has 0 spiro atoms. The molecular weight excluding hydrogens is 499 g/mol. The summed E-state index contributed by atoms with van der Waals surface area (Å²) >= 11 is 3.89. The molecule has 1 unspecified atom stereocenters. The molecule has 0 N–H and O–H groups in total. The van der Waals surface area contributed by atoms with Gasteiger partial charge in [0, 0.05) is 11.3 Å². The van der Waals surface area contributed by atoms with Crippen molar-refractivity contribution in [2.75, 3.05) is 0 Å². The number of thioether (sulfide) groups is 1. The Balaban J connectivity index is 2.31. The molecule has 0 amide bonds. The number of hydrogen-bond donors (Lipinski definition) is 0. The third kappa shape index (κ3) is 6.09. The molecule has 1 fully saturated rings. The Morgan fingerprint density at radius 2 is 2.00 bits per heavy atom. The Morgan fingerprint density at radius 1 is 1.36 bits per heavy atom. The van der Waals surface area contributed by atoms with Crippen LogP contribution in [0.2, 0.25) is 18.1 Å². The van der Waals surface area contributed by atoms with Crippen LogP contribution < -0.4 is 0 Å².